The molecule has 1 aliphatic carbocycles. The van der Waals surface area contributed by atoms with E-state index in [9.17, 15) is 9.59 Å². The number of carboxylic acid groups (broad SMARTS) is 1. The third-order valence-corrected chi connectivity index (χ3v) is 3.18. The molecule has 0 saturated heterocycles. The number of carbonyl (C=O) groups excluding carboxylic acids is 1. The molecule has 0 aromatic heterocycles. The normalized spacial score (nSPS) is 15.9. The van der Waals surface area contributed by atoms with Crippen LogP contribution in [-0.4, -0.2) is 29.6 Å². The minimum Gasteiger partial charge on any atom is -0.496 e. The molecule has 0 unspecified atom stereocenters. The van der Waals surface area contributed by atoms with E-state index in [2.05, 4.69) is 5.32 Å². The van der Waals surface area contributed by atoms with Gasteiger partial charge in [0.2, 0.25) is 0 Å². The zero-order valence-corrected chi connectivity index (χ0v) is 10.3. The van der Waals surface area contributed by atoms with Gasteiger partial charge < -0.3 is 15.2 Å². The molecule has 1 aromatic rings. The van der Waals surface area contributed by atoms with E-state index in [1.807, 2.05) is 6.92 Å². The number of methoxy groups -OCH3 is 1. The van der Waals surface area contributed by atoms with Crippen molar-refractivity contribution in [2.75, 3.05) is 7.11 Å². The molecule has 96 valence electrons. The third kappa shape index (κ3) is 2.16. The van der Waals surface area contributed by atoms with Gasteiger partial charge in [-0.15, -0.1) is 0 Å². The van der Waals surface area contributed by atoms with Crippen LogP contribution in [0, 0.1) is 6.92 Å². The molecule has 0 aliphatic heterocycles. The second kappa shape index (κ2) is 4.33. The van der Waals surface area contributed by atoms with Crippen LogP contribution in [0.2, 0.25) is 0 Å². The molecule has 5 heteroatoms. The molecule has 0 atom stereocenters. The third-order valence-electron chi connectivity index (χ3n) is 3.18. The quantitative estimate of drug-likeness (QED) is 0.844. The Labute approximate surface area is 105 Å². The highest BCUT2D eigenvalue weighted by molar-refractivity contribution is 5.99. The molecule has 1 amide bonds. The Hall–Kier alpha value is -2.04. The zero-order valence-electron chi connectivity index (χ0n) is 10.3. The van der Waals surface area contributed by atoms with Crippen LogP contribution in [0.1, 0.15) is 28.8 Å². The van der Waals surface area contributed by atoms with Crippen molar-refractivity contribution in [3.63, 3.8) is 0 Å². The minimum absolute atomic E-state index is 0.381. The fourth-order valence-corrected chi connectivity index (χ4v) is 1.77. The van der Waals surface area contributed by atoms with Gasteiger partial charge in [0.05, 0.1) is 7.11 Å². The Morgan fingerprint density at radius 1 is 1.39 bits per heavy atom. The molecular weight excluding hydrogens is 234 g/mol. The van der Waals surface area contributed by atoms with E-state index < -0.39 is 11.5 Å². The first-order valence-electron chi connectivity index (χ1n) is 5.69. The fourth-order valence-electron chi connectivity index (χ4n) is 1.77. The molecule has 1 saturated carbocycles. The number of hydrogen-bond acceptors (Lipinski definition) is 3. The van der Waals surface area contributed by atoms with Gasteiger partial charge in [-0.1, -0.05) is 6.07 Å². The number of aryl methyl sites for hydroxylation is 1. The van der Waals surface area contributed by atoms with Crippen LogP contribution in [0.15, 0.2) is 18.2 Å². The Morgan fingerprint density at radius 3 is 2.56 bits per heavy atom. The van der Waals surface area contributed by atoms with E-state index in [-0.39, 0.29) is 5.91 Å². The molecule has 0 bridgehead atoms. The molecule has 0 radical (unpaired) electrons. The number of aliphatic carboxylic acids is 1. The Balaban J connectivity index is 2.17. The number of carboxylic acids is 1. The summed E-state index contributed by atoms with van der Waals surface area (Å²) in [6.07, 6.45) is 0.966. The first kappa shape index (κ1) is 12.4. The smallest absolute Gasteiger partial charge is 0.329 e. The summed E-state index contributed by atoms with van der Waals surface area (Å²) in [6.45, 7) is 1.88. The van der Waals surface area contributed by atoms with E-state index in [0.29, 0.717) is 24.2 Å². The summed E-state index contributed by atoms with van der Waals surface area (Å²) in [4.78, 5) is 22.9. The number of nitrogens with one attached hydrogen (secondary N) is 1. The molecule has 2 N–H and O–H groups in total. The van der Waals surface area contributed by atoms with Crippen LogP contribution in [0.5, 0.6) is 5.75 Å². The van der Waals surface area contributed by atoms with Gasteiger partial charge in [0.15, 0.2) is 0 Å². The maximum atomic E-state index is 12.0. The van der Waals surface area contributed by atoms with E-state index in [1.54, 1.807) is 18.2 Å². The van der Waals surface area contributed by atoms with Gasteiger partial charge in [0.1, 0.15) is 11.3 Å². The molecule has 1 fully saturated rings. The van der Waals surface area contributed by atoms with Crippen LogP contribution < -0.4 is 10.1 Å². The monoisotopic (exact) mass is 249 g/mol. The maximum Gasteiger partial charge on any atom is 0.329 e. The summed E-state index contributed by atoms with van der Waals surface area (Å²) in [5, 5.41) is 11.6. The molecule has 5 nitrogen and oxygen atoms in total. The van der Waals surface area contributed by atoms with Crippen molar-refractivity contribution in [3.8, 4) is 5.75 Å². The first-order chi connectivity index (χ1) is 8.48. The second-order valence-corrected chi connectivity index (χ2v) is 4.53. The summed E-state index contributed by atoms with van der Waals surface area (Å²) >= 11 is 0. The lowest BCUT2D eigenvalue weighted by Crippen LogP contribution is -2.43. The highest BCUT2D eigenvalue weighted by Gasteiger charge is 2.51. The molecule has 1 aromatic carbocycles. The van der Waals surface area contributed by atoms with Crippen molar-refractivity contribution >= 4 is 11.9 Å². The van der Waals surface area contributed by atoms with Crippen LogP contribution in [-0.2, 0) is 4.79 Å². The van der Waals surface area contributed by atoms with Gasteiger partial charge in [-0.3, -0.25) is 4.79 Å². The van der Waals surface area contributed by atoms with Crippen LogP contribution in [0.25, 0.3) is 0 Å². The van der Waals surface area contributed by atoms with Crippen molar-refractivity contribution in [1.29, 1.82) is 0 Å². The Bertz CT molecular complexity index is 506. The Morgan fingerprint density at radius 2 is 2.06 bits per heavy atom. The highest BCUT2D eigenvalue weighted by atomic mass is 16.5. The van der Waals surface area contributed by atoms with Crippen molar-refractivity contribution in [3.05, 3.63) is 29.3 Å². The van der Waals surface area contributed by atoms with E-state index in [0.717, 1.165) is 5.56 Å². The summed E-state index contributed by atoms with van der Waals surface area (Å²) in [6, 6.07) is 5.04. The summed E-state index contributed by atoms with van der Waals surface area (Å²) < 4.78 is 5.13. The predicted molar refractivity (Wildman–Crippen MR) is 64.8 cm³/mol. The molecular formula is C13H15NO4. The topological polar surface area (TPSA) is 75.6 Å². The molecule has 1 aliphatic rings. The summed E-state index contributed by atoms with van der Waals surface area (Å²) in [5.74, 6) is -0.744. The predicted octanol–water partition coefficient (Wildman–Crippen LogP) is 1.35. The van der Waals surface area contributed by atoms with Crippen molar-refractivity contribution in [1.82, 2.24) is 5.32 Å². The Kier molecular flexibility index (Phi) is 2.98. The van der Waals surface area contributed by atoms with Gasteiger partial charge >= 0.3 is 5.97 Å². The van der Waals surface area contributed by atoms with Crippen LogP contribution in [0.4, 0.5) is 0 Å². The van der Waals surface area contributed by atoms with Crippen molar-refractivity contribution < 1.29 is 19.4 Å². The number of benzene rings is 1. The average molecular weight is 249 g/mol. The SMILES string of the molecule is COc1cc(C(=O)NC2(C(=O)O)CC2)ccc1C. The van der Waals surface area contributed by atoms with Gasteiger partial charge in [-0.25, -0.2) is 4.79 Å². The lowest BCUT2D eigenvalue weighted by molar-refractivity contribution is -0.140. The first-order valence-corrected chi connectivity index (χ1v) is 5.69. The molecule has 0 heterocycles. The van der Waals surface area contributed by atoms with E-state index >= 15 is 0 Å². The highest BCUT2D eigenvalue weighted by Crippen LogP contribution is 2.35. The largest absolute Gasteiger partial charge is 0.496 e. The van der Waals surface area contributed by atoms with Gasteiger partial charge in [0, 0.05) is 5.56 Å². The van der Waals surface area contributed by atoms with Gasteiger partial charge in [-0.05, 0) is 37.5 Å². The van der Waals surface area contributed by atoms with Crippen LogP contribution >= 0.6 is 0 Å². The average Bonchev–Trinajstić information content (AvgIpc) is 3.10. The number of amides is 1. The minimum atomic E-state index is -1.06. The lowest BCUT2D eigenvalue weighted by atomic mass is 10.1. The van der Waals surface area contributed by atoms with E-state index in [4.69, 9.17) is 9.84 Å². The maximum absolute atomic E-state index is 12.0. The van der Waals surface area contributed by atoms with Gasteiger partial charge in [-0.2, -0.15) is 0 Å². The van der Waals surface area contributed by atoms with Crippen molar-refractivity contribution in [2.24, 2.45) is 0 Å². The van der Waals surface area contributed by atoms with Gasteiger partial charge in [0.25, 0.3) is 5.91 Å². The number of rotatable bonds is 4. The second-order valence-electron chi connectivity index (χ2n) is 4.53. The fraction of sp³-hybridized carbons (Fsp3) is 0.385. The summed E-state index contributed by atoms with van der Waals surface area (Å²) in [5.41, 5.74) is 0.272. The molecule has 2 rings (SSSR count). The molecule has 18 heavy (non-hydrogen) atoms. The van der Waals surface area contributed by atoms with Crippen LogP contribution in [0.3, 0.4) is 0 Å². The summed E-state index contributed by atoms with van der Waals surface area (Å²) in [7, 11) is 1.53. The van der Waals surface area contributed by atoms with E-state index in [1.165, 1.54) is 7.11 Å². The number of hydrogen-bond donors (Lipinski definition) is 2. The molecule has 0 spiro atoms. The zero-order chi connectivity index (χ0) is 13.3. The number of ether oxygens (including phenoxy) is 1. The number of carbonyl (C=O) groups is 2. The standard InChI is InChI=1S/C13H15NO4/c1-8-3-4-9(7-10(8)18-2)11(15)14-13(5-6-13)12(16)17/h3-4,7H,5-6H2,1-2H3,(H,14,15)(H,16,17). The van der Waals surface area contributed by atoms with Crippen molar-refractivity contribution in [2.45, 2.75) is 25.3 Å². The lowest BCUT2D eigenvalue weighted by Gasteiger charge is -2.13.